The van der Waals surface area contributed by atoms with E-state index in [4.69, 9.17) is 11.6 Å². The van der Waals surface area contributed by atoms with Crippen molar-refractivity contribution in [3.8, 4) is 0 Å². The lowest BCUT2D eigenvalue weighted by atomic mass is 10.0. The monoisotopic (exact) mass is 518 g/mol. The first kappa shape index (κ1) is 26.2. The first-order valence-corrected chi connectivity index (χ1v) is 12.2. The van der Waals surface area contributed by atoms with Crippen molar-refractivity contribution < 1.29 is 23.3 Å². The van der Waals surface area contributed by atoms with Crippen LogP contribution in [0.25, 0.3) is 10.9 Å². The molecule has 3 rings (SSSR count). The number of hydrogen-bond donors (Lipinski definition) is 3. The third-order valence-corrected chi connectivity index (χ3v) is 6.94. The number of halogens is 1. The summed E-state index contributed by atoms with van der Waals surface area (Å²) in [5.74, 6) is -0.799. The molecule has 3 N–H and O–H groups in total. The average molecular weight is 519 g/mol. The Kier molecular flexibility index (Phi) is 7.86. The van der Waals surface area contributed by atoms with Crippen molar-refractivity contribution in [2.45, 2.75) is 37.6 Å². The van der Waals surface area contributed by atoms with E-state index < -0.39 is 28.5 Å². The Morgan fingerprint density at radius 2 is 1.77 bits per heavy atom. The molecule has 1 unspecified atom stereocenters. The van der Waals surface area contributed by atoms with Gasteiger partial charge in [-0.3, -0.25) is 14.3 Å². The zero-order valence-electron chi connectivity index (χ0n) is 20.0. The largest absolute Gasteiger partial charge is 0.469 e. The second-order valence-electron chi connectivity index (χ2n) is 8.66. The number of nitrogens with one attached hydrogen (secondary N) is 3. The van der Waals surface area contributed by atoms with Crippen LogP contribution >= 0.6 is 11.6 Å². The minimum Gasteiger partial charge on any atom is -0.469 e. The third kappa shape index (κ3) is 6.20. The van der Waals surface area contributed by atoms with E-state index in [1.165, 1.54) is 19.2 Å². The summed E-state index contributed by atoms with van der Waals surface area (Å²) in [6.45, 7) is 5.20. The molecule has 3 aromatic rings. The molecule has 0 fully saturated rings. The fourth-order valence-corrected chi connectivity index (χ4v) is 4.45. The summed E-state index contributed by atoms with van der Waals surface area (Å²) in [7, 11) is 1.20. The summed E-state index contributed by atoms with van der Waals surface area (Å²) in [5.41, 5.74) is 1.81. The van der Waals surface area contributed by atoms with Crippen molar-refractivity contribution in [1.29, 1.82) is 0 Å². The van der Waals surface area contributed by atoms with E-state index in [1.807, 2.05) is 19.1 Å². The number of ether oxygens (including phenoxy) is 1. The van der Waals surface area contributed by atoms with Gasteiger partial charge in [-0.05, 0) is 62.7 Å². The van der Waals surface area contributed by atoms with Gasteiger partial charge in [0.2, 0.25) is 0 Å². The number of methoxy groups -OCH3 is 1. The molecule has 1 heterocycles. The standard InChI is InChI=1S/C24H27ClN4O5S/c1-14-6-11-18-17(21(14)25)12-19(29(18)4)22(31)26-15-7-9-16(10-8-15)35(33)28-23(32)27-24(2,3)13-20(30)34-5/h6-12H,13H2,1-5H3,(H,26,31)(H2,27,28,32). The van der Waals surface area contributed by atoms with E-state index in [-0.39, 0.29) is 12.3 Å². The van der Waals surface area contributed by atoms with Gasteiger partial charge in [0, 0.05) is 29.2 Å². The highest BCUT2D eigenvalue weighted by Crippen LogP contribution is 2.29. The highest BCUT2D eigenvalue weighted by atomic mass is 35.5. The zero-order valence-corrected chi connectivity index (χ0v) is 21.6. The number of fused-ring (bicyclic) bond motifs is 1. The van der Waals surface area contributed by atoms with E-state index >= 15 is 0 Å². The lowest BCUT2D eigenvalue weighted by molar-refractivity contribution is -0.141. The van der Waals surface area contributed by atoms with Gasteiger partial charge in [-0.15, -0.1) is 0 Å². The highest BCUT2D eigenvalue weighted by molar-refractivity contribution is 7.83. The van der Waals surface area contributed by atoms with Crippen molar-refractivity contribution in [3.05, 3.63) is 58.7 Å². The smallest absolute Gasteiger partial charge is 0.327 e. The van der Waals surface area contributed by atoms with Crippen molar-refractivity contribution in [2.75, 3.05) is 12.4 Å². The van der Waals surface area contributed by atoms with E-state index in [0.29, 0.717) is 21.3 Å². The minimum absolute atomic E-state index is 0.0412. The Balaban J connectivity index is 1.64. The third-order valence-electron chi connectivity index (χ3n) is 5.36. The van der Waals surface area contributed by atoms with Crippen molar-refractivity contribution in [2.24, 2.45) is 7.05 Å². The molecule has 0 saturated heterocycles. The minimum atomic E-state index is -1.85. The fourth-order valence-electron chi connectivity index (χ4n) is 3.51. The van der Waals surface area contributed by atoms with Gasteiger partial charge in [0.25, 0.3) is 5.91 Å². The Labute approximate surface area is 210 Å². The van der Waals surface area contributed by atoms with Crippen molar-refractivity contribution in [1.82, 2.24) is 14.6 Å². The molecular formula is C24H27ClN4O5S. The van der Waals surface area contributed by atoms with Gasteiger partial charge in [0.1, 0.15) is 5.69 Å². The number of carbonyl (C=O) groups excluding carboxylic acids is 3. The van der Waals surface area contributed by atoms with E-state index in [9.17, 15) is 18.6 Å². The SMILES string of the molecule is COC(=O)CC(C)(C)NC(=O)NS(=O)c1ccc(NC(=O)c2cc3c(Cl)c(C)ccc3n2C)cc1. The predicted molar refractivity (Wildman–Crippen MR) is 136 cm³/mol. The Morgan fingerprint density at radius 1 is 1.11 bits per heavy atom. The molecule has 35 heavy (non-hydrogen) atoms. The van der Waals surface area contributed by atoms with E-state index in [2.05, 4.69) is 20.1 Å². The van der Waals surface area contributed by atoms with Crippen molar-refractivity contribution >= 4 is 57.1 Å². The summed E-state index contributed by atoms with van der Waals surface area (Å²) in [6, 6.07) is 11.1. The summed E-state index contributed by atoms with van der Waals surface area (Å²) in [6.07, 6.45) is -0.0412. The van der Waals surface area contributed by atoms with Crippen LogP contribution in [0.2, 0.25) is 5.02 Å². The number of benzene rings is 2. The van der Waals surface area contributed by atoms with Crippen LogP contribution in [0.3, 0.4) is 0 Å². The summed E-state index contributed by atoms with van der Waals surface area (Å²) in [5, 5.41) is 6.80. The van der Waals surface area contributed by atoms with Crippen LogP contribution < -0.4 is 15.4 Å². The molecule has 0 spiro atoms. The van der Waals surface area contributed by atoms with Gasteiger partial charge in [-0.25, -0.2) is 9.00 Å². The molecule has 186 valence electrons. The number of amides is 3. The molecule has 1 atom stereocenters. The molecule has 3 amide bonds. The topological polar surface area (TPSA) is 119 Å². The predicted octanol–water partition coefficient (Wildman–Crippen LogP) is 4.06. The normalized spacial score (nSPS) is 12.2. The maximum Gasteiger partial charge on any atom is 0.327 e. The Morgan fingerprint density at radius 3 is 2.40 bits per heavy atom. The lowest BCUT2D eigenvalue weighted by Gasteiger charge is -2.24. The zero-order chi connectivity index (χ0) is 25.9. The molecule has 0 saturated carbocycles. The number of hydrogen-bond acceptors (Lipinski definition) is 5. The lowest BCUT2D eigenvalue weighted by Crippen LogP contribution is -2.49. The molecule has 0 bridgehead atoms. The quantitative estimate of drug-likeness (QED) is 0.408. The number of urea groups is 1. The highest BCUT2D eigenvalue weighted by Gasteiger charge is 2.25. The first-order valence-electron chi connectivity index (χ1n) is 10.6. The van der Waals surface area contributed by atoms with Crippen LogP contribution in [0.4, 0.5) is 10.5 Å². The summed E-state index contributed by atoms with van der Waals surface area (Å²) in [4.78, 5) is 36.8. The Hall–Kier alpha value is -3.37. The van der Waals surface area contributed by atoms with Crippen LogP contribution in [-0.4, -0.2) is 39.3 Å². The number of aromatic nitrogens is 1. The average Bonchev–Trinajstić information content (AvgIpc) is 3.13. The number of rotatable bonds is 7. The molecule has 0 aliphatic heterocycles. The number of carbonyl (C=O) groups is 3. The molecule has 0 aliphatic rings. The van der Waals surface area contributed by atoms with Crippen LogP contribution in [0.15, 0.2) is 47.4 Å². The first-order chi connectivity index (χ1) is 16.4. The van der Waals surface area contributed by atoms with Gasteiger partial charge in [0.15, 0.2) is 11.0 Å². The van der Waals surface area contributed by atoms with Gasteiger partial charge >= 0.3 is 12.0 Å². The summed E-state index contributed by atoms with van der Waals surface area (Å²) >= 11 is 6.39. The number of aryl methyl sites for hydroxylation is 2. The number of anilines is 1. The Bertz CT molecular complexity index is 1320. The molecule has 1 aromatic heterocycles. The van der Waals surface area contributed by atoms with Gasteiger partial charge < -0.3 is 19.9 Å². The van der Waals surface area contributed by atoms with Crippen molar-refractivity contribution in [3.63, 3.8) is 0 Å². The molecule has 2 aromatic carbocycles. The molecule has 9 nitrogen and oxygen atoms in total. The van der Waals surface area contributed by atoms with Crippen LogP contribution in [0.5, 0.6) is 0 Å². The maximum absolute atomic E-state index is 12.9. The molecule has 0 radical (unpaired) electrons. The van der Waals surface area contributed by atoms with E-state index in [1.54, 1.807) is 43.7 Å². The summed E-state index contributed by atoms with van der Waals surface area (Å²) < 4.78 is 21.2. The molecular weight excluding hydrogens is 492 g/mol. The second-order valence-corrected chi connectivity index (χ2v) is 10.2. The number of esters is 1. The van der Waals surface area contributed by atoms with Gasteiger partial charge in [-0.1, -0.05) is 17.7 Å². The van der Waals surface area contributed by atoms with Gasteiger partial charge in [-0.2, -0.15) is 0 Å². The number of nitrogens with zero attached hydrogens (tertiary/aromatic N) is 1. The molecule has 11 heteroatoms. The van der Waals surface area contributed by atoms with E-state index in [0.717, 1.165) is 16.5 Å². The fraction of sp³-hybridized carbons (Fsp3) is 0.292. The second kappa shape index (κ2) is 10.5. The maximum atomic E-state index is 12.9. The van der Waals surface area contributed by atoms with Gasteiger partial charge in [0.05, 0.1) is 23.4 Å². The molecule has 0 aliphatic carbocycles. The van der Waals surface area contributed by atoms with Crippen LogP contribution in [0.1, 0.15) is 36.3 Å². The van der Waals surface area contributed by atoms with Crippen LogP contribution in [0, 0.1) is 6.92 Å². The van der Waals surface area contributed by atoms with Crippen LogP contribution in [-0.2, 0) is 27.6 Å².